The van der Waals surface area contributed by atoms with Crippen molar-refractivity contribution >= 4 is 5.82 Å². The van der Waals surface area contributed by atoms with Gasteiger partial charge in [-0.1, -0.05) is 26.8 Å². The molecule has 0 bridgehead atoms. The van der Waals surface area contributed by atoms with Gasteiger partial charge in [-0.15, -0.1) is 0 Å². The molecule has 0 fully saturated rings. The number of rotatable bonds is 5. The molecular formula is C22H30N2O. The second-order valence-corrected chi connectivity index (χ2v) is 8.24. The fraction of sp³-hybridized carbons (Fsp3) is 0.500. The first kappa shape index (κ1) is 17.8. The van der Waals surface area contributed by atoms with Gasteiger partial charge in [-0.3, -0.25) is 0 Å². The van der Waals surface area contributed by atoms with Crippen LogP contribution in [0.15, 0.2) is 30.3 Å². The predicted molar refractivity (Wildman–Crippen MR) is 105 cm³/mol. The summed E-state index contributed by atoms with van der Waals surface area (Å²) in [6.07, 6.45) is 6.94. The Bertz CT molecular complexity index is 731. The molecule has 0 unspecified atom stereocenters. The Hall–Kier alpha value is -2.03. The van der Waals surface area contributed by atoms with E-state index in [4.69, 9.17) is 10.5 Å². The molecule has 25 heavy (non-hydrogen) atoms. The number of ether oxygens (including phenoxy) is 1. The van der Waals surface area contributed by atoms with E-state index in [1.807, 2.05) is 18.2 Å². The summed E-state index contributed by atoms with van der Waals surface area (Å²) in [6.45, 7) is 7.63. The van der Waals surface area contributed by atoms with Crippen LogP contribution in [0.5, 0.6) is 5.75 Å². The predicted octanol–water partition coefficient (Wildman–Crippen LogP) is 5.41. The van der Waals surface area contributed by atoms with Crippen LogP contribution in [-0.2, 0) is 12.8 Å². The molecule has 1 heterocycles. The third-order valence-corrected chi connectivity index (χ3v) is 4.87. The normalized spacial score (nSPS) is 14.2. The Kier molecular flexibility index (Phi) is 5.31. The first-order chi connectivity index (χ1) is 11.9. The smallest absolute Gasteiger partial charge is 0.124 e. The monoisotopic (exact) mass is 338 g/mol. The van der Waals surface area contributed by atoms with Crippen LogP contribution in [0, 0.1) is 5.41 Å². The van der Waals surface area contributed by atoms with Gasteiger partial charge in [0.2, 0.25) is 0 Å². The van der Waals surface area contributed by atoms with Crippen LogP contribution in [0.4, 0.5) is 5.82 Å². The van der Waals surface area contributed by atoms with Gasteiger partial charge in [0.1, 0.15) is 11.6 Å². The fourth-order valence-electron chi connectivity index (χ4n) is 3.60. The number of hydrogen-bond donors (Lipinski definition) is 1. The molecule has 134 valence electrons. The van der Waals surface area contributed by atoms with Crippen LogP contribution >= 0.6 is 0 Å². The zero-order chi connectivity index (χ0) is 17.9. The summed E-state index contributed by atoms with van der Waals surface area (Å²) in [5.74, 6) is 1.64. The van der Waals surface area contributed by atoms with Crippen molar-refractivity contribution in [3.05, 3.63) is 41.5 Å². The lowest BCUT2D eigenvalue weighted by atomic mass is 9.86. The highest BCUT2D eigenvalue weighted by atomic mass is 16.5. The van der Waals surface area contributed by atoms with Gasteiger partial charge in [-0.2, -0.15) is 0 Å². The third-order valence-electron chi connectivity index (χ3n) is 4.87. The van der Waals surface area contributed by atoms with E-state index in [0.29, 0.717) is 11.2 Å². The zero-order valence-electron chi connectivity index (χ0n) is 15.8. The van der Waals surface area contributed by atoms with Crippen molar-refractivity contribution in [2.75, 3.05) is 12.3 Å². The Morgan fingerprint density at radius 1 is 1.04 bits per heavy atom. The van der Waals surface area contributed by atoms with Crippen molar-refractivity contribution in [1.29, 1.82) is 0 Å². The van der Waals surface area contributed by atoms with Gasteiger partial charge in [-0.25, -0.2) is 4.98 Å². The van der Waals surface area contributed by atoms with E-state index >= 15 is 0 Å². The minimum Gasteiger partial charge on any atom is -0.493 e. The maximum atomic E-state index is 6.17. The van der Waals surface area contributed by atoms with Crippen molar-refractivity contribution < 1.29 is 4.74 Å². The van der Waals surface area contributed by atoms with Crippen molar-refractivity contribution in [2.45, 2.75) is 59.3 Å². The topological polar surface area (TPSA) is 48.1 Å². The number of nitrogen functional groups attached to an aromatic ring is 1. The SMILES string of the molecule is CC(C)(C)CCCOc1ccc(-c2cccc(N)n2)c2c1CCCC2. The summed E-state index contributed by atoms with van der Waals surface area (Å²) in [5, 5.41) is 0. The van der Waals surface area contributed by atoms with Crippen molar-refractivity contribution in [1.82, 2.24) is 4.98 Å². The molecule has 0 saturated carbocycles. The first-order valence-electron chi connectivity index (χ1n) is 9.44. The van der Waals surface area contributed by atoms with Gasteiger partial charge < -0.3 is 10.5 Å². The van der Waals surface area contributed by atoms with Crippen LogP contribution in [0.1, 0.15) is 57.6 Å². The highest BCUT2D eigenvalue weighted by Gasteiger charge is 2.19. The van der Waals surface area contributed by atoms with E-state index in [2.05, 4.69) is 37.9 Å². The van der Waals surface area contributed by atoms with Crippen LogP contribution < -0.4 is 10.5 Å². The standard InChI is InChI=1S/C22H30N2O/c1-22(2,3)14-7-15-25-20-13-12-17(16-8-4-5-9-18(16)20)19-10-6-11-21(23)24-19/h6,10-13H,4-5,7-9,14-15H2,1-3H3,(H2,23,24). The molecule has 1 aliphatic carbocycles. The molecule has 2 aromatic rings. The van der Waals surface area contributed by atoms with Gasteiger partial charge >= 0.3 is 0 Å². The molecule has 0 aliphatic heterocycles. The highest BCUT2D eigenvalue weighted by molar-refractivity contribution is 5.69. The molecule has 3 nitrogen and oxygen atoms in total. The number of anilines is 1. The summed E-state index contributed by atoms with van der Waals surface area (Å²) in [5.41, 5.74) is 11.2. The maximum Gasteiger partial charge on any atom is 0.124 e. The van der Waals surface area contributed by atoms with E-state index in [9.17, 15) is 0 Å². The van der Waals surface area contributed by atoms with Gasteiger partial charge in [0.05, 0.1) is 12.3 Å². The third kappa shape index (κ3) is 4.53. The molecule has 0 atom stereocenters. The molecule has 1 aromatic carbocycles. The number of pyridine rings is 1. The van der Waals surface area contributed by atoms with Gasteiger partial charge in [0.25, 0.3) is 0 Å². The quantitative estimate of drug-likeness (QED) is 0.741. The molecule has 2 N–H and O–H groups in total. The lowest BCUT2D eigenvalue weighted by Gasteiger charge is -2.23. The number of aromatic nitrogens is 1. The molecule has 0 amide bonds. The fourth-order valence-corrected chi connectivity index (χ4v) is 3.60. The Labute approximate surface area is 151 Å². The minimum absolute atomic E-state index is 0.367. The van der Waals surface area contributed by atoms with E-state index in [1.165, 1.54) is 36.0 Å². The number of nitrogens with two attached hydrogens (primary N) is 1. The Morgan fingerprint density at radius 3 is 2.52 bits per heavy atom. The van der Waals surface area contributed by atoms with Crippen molar-refractivity contribution in [2.24, 2.45) is 5.41 Å². The molecular weight excluding hydrogens is 308 g/mol. The van der Waals surface area contributed by atoms with E-state index < -0.39 is 0 Å². The molecule has 0 spiro atoms. The van der Waals surface area contributed by atoms with E-state index in [1.54, 1.807) is 0 Å². The number of nitrogens with zero attached hydrogens (tertiary/aromatic N) is 1. The van der Waals surface area contributed by atoms with Gasteiger partial charge in [-0.05, 0) is 79.3 Å². The van der Waals surface area contributed by atoms with Crippen molar-refractivity contribution in [3.63, 3.8) is 0 Å². The summed E-state index contributed by atoms with van der Waals surface area (Å²) in [4.78, 5) is 4.52. The summed E-state index contributed by atoms with van der Waals surface area (Å²) >= 11 is 0. The van der Waals surface area contributed by atoms with Crippen LogP contribution in [0.2, 0.25) is 0 Å². The van der Waals surface area contributed by atoms with E-state index in [-0.39, 0.29) is 0 Å². The summed E-state index contributed by atoms with van der Waals surface area (Å²) < 4.78 is 6.17. The lowest BCUT2D eigenvalue weighted by Crippen LogP contribution is -2.11. The maximum absolute atomic E-state index is 6.17. The van der Waals surface area contributed by atoms with Crippen LogP contribution in [0.3, 0.4) is 0 Å². The Balaban J connectivity index is 1.82. The largest absolute Gasteiger partial charge is 0.493 e. The molecule has 3 heteroatoms. The summed E-state index contributed by atoms with van der Waals surface area (Å²) in [7, 11) is 0. The number of fused-ring (bicyclic) bond motifs is 1. The first-order valence-corrected chi connectivity index (χ1v) is 9.44. The van der Waals surface area contributed by atoms with E-state index in [0.717, 1.165) is 37.3 Å². The second kappa shape index (κ2) is 7.47. The number of hydrogen-bond acceptors (Lipinski definition) is 3. The van der Waals surface area contributed by atoms with Crippen LogP contribution in [-0.4, -0.2) is 11.6 Å². The zero-order valence-corrected chi connectivity index (χ0v) is 15.8. The average Bonchev–Trinajstić information content (AvgIpc) is 2.58. The number of benzene rings is 1. The molecule has 3 rings (SSSR count). The van der Waals surface area contributed by atoms with Gasteiger partial charge in [0.15, 0.2) is 0 Å². The molecule has 0 saturated heterocycles. The average molecular weight is 338 g/mol. The van der Waals surface area contributed by atoms with Crippen molar-refractivity contribution in [3.8, 4) is 17.0 Å². The molecule has 1 aromatic heterocycles. The second-order valence-electron chi connectivity index (χ2n) is 8.24. The lowest BCUT2D eigenvalue weighted by molar-refractivity contribution is 0.266. The molecule has 0 radical (unpaired) electrons. The minimum atomic E-state index is 0.367. The van der Waals surface area contributed by atoms with Crippen LogP contribution in [0.25, 0.3) is 11.3 Å². The molecule has 1 aliphatic rings. The summed E-state index contributed by atoms with van der Waals surface area (Å²) in [6, 6.07) is 10.1. The van der Waals surface area contributed by atoms with Gasteiger partial charge in [0, 0.05) is 5.56 Å². The Morgan fingerprint density at radius 2 is 1.80 bits per heavy atom. The highest BCUT2D eigenvalue weighted by Crippen LogP contribution is 2.37.